The molecule has 1 aliphatic rings. The summed E-state index contributed by atoms with van der Waals surface area (Å²) in [7, 11) is 0. The van der Waals surface area contributed by atoms with Crippen LogP contribution in [0.2, 0.25) is 0 Å². The lowest BCUT2D eigenvalue weighted by Gasteiger charge is -2.24. The number of imidazole rings is 2. The topological polar surface area (TPSA) is 116 Å². The van der Waals surface area contributed by atoms with E-state index < -0.39 is 6.04 Å². The highest BCUT2D eigenvalue weighted by Gasteiger charge is 2.28. The molecule has 168 valence electrons. The van der Waals surface area contributed by atoms with Gasteiger partial charge in [-0.1, -0.05) is 31.4 Å². The SMILES string of the molecule is Cc1nc(-c2ccccc2NC(=O)[C@H](Cc2cnc[nH]2)NC(=O)C2CCCCC2)[nH]c1C. The lowest BCUT2D eigenvalue weighted by atomic mass is 9.88. The lowest BCUT2D eigenvalue weighted by Crippen LogP contribution is -2.47. The molecule has 1 fully saturated rings. The highest BCUT2D eigenvalue weighted by Crippen LogP contribution is 2.27. The van der Waals surface area contributed by atoms with Gasteiger partial charge < -0.3 is 20.6 Å². The Kier molecular flexibility index (Phi) is 6.68. The molecule has 3 aromatic rings. The molecule has 32 heavy (non-hydrogen) atoms. The van der Waals surface area contributed by atoms with Crippen molar-refractivity contribution in [3.05, 3.63) is 53.9 Å². The first-order chi connectivity index (χ1) is 15.5. The lowest BCUT2D eigenvalue weighted by molar-refractivity contribution is -0.130. The van der Waals surface area contributed by atoms with E-state index in [2.05, 4.69) is 30.6 Å². The van der Waals surface area contributed by atoms with E-state index in [9.17, 15) is 9.59 Å². The molecule has 0 saturated heterocycles. The van der Waals surface area contributed by atoms with Gasteiger partial charge >= 0.3 is 0 Å². The number of para-hydroxylation sites is 1. The van der Waals surface area contributed by atoms with Crippen LogP contribution in [-0.2, 0) is 16.0 Å². The number of aromatic amines is 2. The predicted molar refractivity (Wildman–Crippen MR) is 123 cm³/mol. The van der Waals surface area contributed by atoms with E-state index in [1.54, 1.807) is 12.5 Å². The average molecular weight is 435 g/mol. The fourth-order valence-corrected chi connectivity index (χ4v) is 4.17. The average Bonchev–Trinajstić information content (AvgIpc) is 3.43. The predicted octanol–water partition coefficient (Wildman–Crippen LogP) is 3.66. The Labute approximate surface area is 187 Å². The van der Waals surface area contributed by atoms with Gasteiger partial charge in [0.25, 0.3) is 0 Å². The Bertz CT molecular complexity index is 1050. The number of benzene rings is 1. The maximum absolute atomic E-state index is 13.3. The second-order valence-electron chi connectivity index (χ2n) is 8.51. The minimum Gasteiger partial charge on any atom is -0.348 e. The third kappa shape index (κ3) is 5.07. The van der Waals surface area contributed by atoms with E-state index in [-0.39, 0.29) is 17.7 Å². The Morgan fingerprint density at radius 1 is 1.16 bits per heavy atom. The summed E-state index contributed by atoms with van der Waals surface area (Å²) < 4.78 is 0. The highest BCUT2D eigenvalue weighted by molar-refractivity contribution is 6.00. The van der Waals surface area contributed by atoms with Crippen molar-refractivity contribution >= 4 is 17.5 Å². The monoisotopic (exact) mass is 434 g/mol. The van der Waals surface area contributed by atoms with Gasteiger partial charge in [-0.05, 0) is 38.8 Å². The van der Waals surface area contributed by atoms with Gasteiger partial charge in [-0.3, -0.25) is 9.59 Å². The molecule has 2 aromatic heterocycles. The van der Waals surface area contributed by atoms with Crippen LogP contribution in [-0.4, -0.2) is 37.8 Å². The second kappa shape index (κ2) is 9.80. The molecule has 1 aromatic carbocycles. The Hall–Kier alpha value is -3.42. The van der Waals surface area contributed by atoms with Crippen LogP contribution in [0.4, 0.5) is 5.69 Å². The maximum atomic E-state index is 13.3. The summed E-state index contributed by atoms with van der Waals surface area (Å²) in [5, 5.41) is 6.01. The zero-order chi connectivity index (χ0) is 22.5. The summed E-state index contributed by atoms with van der Waals surface area (Å²) in [5.74, 6) is 0.362. The number of H-pyrrole nitrogens is 2. The molecule has 4 rings (SSSR count). The summed E-state index contributed by atoms with van der Waals surface area (Å²) in [6.07, 6.45) is 8.64. The first-order valence-electron chi connectivity index (χ1n) is 11.2. The van der Waals surface area contributed by atoms with Crippen LogP contribution in [0.3, 0.4) is 0 Å². The minimum absolute atomic E-state index is 0.0258. The molecule has 1 saturated carbocycles. The van der Waals surface area contributed by atoms with Crippen molar-refractivity contribution in [3.63, 3.8) is 0 Å². The number of amides is 2. The van der Waals surface area contributed by atoms with Crippen molar-refractivity contribution in [2.24, 2.45) is 5.92 Å². The largest absolute Gasteiger partial charge is 0.348 e. The smallest absolute Gasteiger partial charge is 0.247 e. The molecule has 2 amide bonds. The molecule has 1 atom stereocenters. The third-order valence-corrected chi connectivity index (χ3v) is 6.16. The number of aromatic nitrogens is 4. The number of rotatable bonds is 7. The molecule has 8 heteroatoms. The molecule has 0 aliphatic heterocycles. The molecule has 0 unspecified atom stereocenters. The summed E-state index contributed by atoms with van der Waals surface area (Å²) in [6.45, 7) is 3.91. The molecular formula is C24H30N6O2. The molecular weight excluding hydrogens is 404 g/mol. The van der Waals surface area contributed by atoms with Crippen molar-refractivity contribution in [2.75, 3.05) is 5.32 Å². The summed E-state index contributed by atoms with van der Waals surface area (Å²) >= 11 is 0. The number of nitrogens with zero attached hydrogens (tertiary/aromatic N) is 2. The van der Waals surface area contributed by atoms with Crippen molar-refractivity contribution in [1.82, 2.24) is 25.3 Å². The van der Waals surface area contributed by atoms with E-state index in [4.69, 9.17) is 0 Å². The van der Waals surface area contributed by atoms with Crippen LogP contribution >= 0.6 is 0 Å². The van der Waals surface area contributed by atoms with Gasteiger partial charge in [0.15, 0.2) is 0 Å². The van der Waals surface area contributed by atoms with Gasteiger partial charge in [0.2, 0.25) is 11.8 Å². The first-order valence-corrected chi connectivity index (χ1v) is 11.2. The number of hydrogen-bond acceptors (Lipinski definition) is 4. The number of aryl methyl sites for hydroxylation is 2. The molecule has 8 nitrogen and oxygen atoms in total. The Morgan fingerprint density at radius 2 is 1.94 bits per heavy atom. The van der Waals surface area contributed by atoms with Crippen molar-refractivity contribution < 1.29 is 9.59 Å². The van der Waals surface area contributed by atoms with E-state index in [0.29, 0.717) is 17.9 Å². The number of hydrogen-bond donors (Lipinski definition) is 4. The molecule has 1 aliphatic carbocycles. The fraction of sp³-hybridized carbons (Fsp3) is 0.417. The third-order valence-electron chi connectivity index (χ3n) is 6.16. The van der Waals surface area contributed by atoms with Crippen LogP contribution in [0.15, 0.2) is 36.8 Å². The van der Waals surface area contributed by atoms with Gasteiger partial charge in [0.1, 0.15) is 11.9 Å². The number of nitrogens with one attached hydrogen (secondary N) is 4. The zero-order valence-electron chi connectivity index (χ0n) is 18.6. The maximum Gasteiger partial charge on any atom is 0.247 e. The van der Waals surface area contributed by atoms with Crippen molar-refractivity contribution in [2.45, 2.75) is 58.4 Å². The Morgan fingerprint density at radius 3 is 2.62 bits per heavy atom. The first kappa shape index (κ1) is 21.8. The molecule has 2 heterocycles. The summed E-state index contributed by atoms with van der Waals surface area (Å²) in [6, 6.07) is 6.82. The van der Waals surface area contributed by atoms with E-state index >= 15 is 0 Å². The van der Waals surface area contributed by atoms with Crippen LogP contribution in [0.25, 0.3) is 11.4 Å². The van der Waals surface area contributed by atoms with Gasteiger partial charge in [-0.2, -0.15) is 0 Å². The van der Waals surface area contributed by atoms with Gasteiger partial charge in [-0.25, -0.2) is 9.97 Å². The molecule has 0 spiro atoms. The number of carbonyl (C=O) groups is 2. The normalized spacial score (nSPS) is 15.3. The molecule has 0 radical (unpaired) electrons. The minimum atomic E-state index is -0.710. The summed E-state index contributed by atoms with van der Waals surface area (Å²) in [5.41, 5.74) is 4.14. The van der Waals surface area contributed by atoms with Crippen LogP contribution in [0.5, 0.6) is 0 Å². The number of anilines is 1. The molecule has 0 bridgehead atoms. The van der Waals surface area contributed by atoms with Crippen LogP contribution in [0.1, 0.15) is 49.2 Å². The van der Waals surface area contributed by atoms with Gasteiger partial charge in [0.05, 0.1) is 17.7 Å². The quantitative estimate of drug-likeness (QED) is 0.454. The molecule has 4 N–H and O–H groups in total. The van der Waals surface area contributed by atoms with Gasteiger partial charge in [-0.15, -0.1) is 0 Å². The van der Waals surface area contributed by atoms with E-state index in [1.807, 2.05) is 38.1 Å². The van der Waals surface area contributed by atoms with Crippen molar-refractivity contribution in [3.8, 4) is 11.4 Å². The van der Waals surface area contributed by atoms with Crippen LogP contribution in [0, 0.1) is 19.8 Å². The fourth-order valence-electron chi connectivity index (χ4n) is 4.17. The van der Waals surface area contributed by atoms with E-state index in [0.717, 1.165) is 48.3 Å². The van der Waals surface area contributed by atoms with E-state index in [1.165, 1.54) is 6.42 Å². The number of carbonyl (C=O) groups excluding carboxylic acids is 2. The van der Waals surface area contributed by atoms with Gasteiger partial charge in [0, 0.05) is 35.5 Å². The second-order valence-corrected chi connectivity index (χ2v) is 8.51. The van der Waals surface area contributed by atoms with Crippen LogP contribution < -0.4 is 10.6 Å². The standard InChI is InChI=1S/C24H30N6O2/c1-15-16(2)28-22(27-15)19-10-6-7-11-20(19)29-24(32)21(12-18-13-25-14-26-18)30-23(31)17-8-4-3-5-9-17/h6-7,10-11,13-14,17,21H,3-5,8-9,12H2,1-2H3,(H,25,26)(H,27,28)(H,29,32)(H,30,31)/t21-/m0/s1. The Balaban J connectivity index is 1.54. The zero-order valence-corrected chi connectivity index (χ0v) is 18.6. The van der Waals surface area contributed by atoms with Crippen molar-refractivity contribution in [1.29, 1.82) is 0 Å². The summed E-state index contributed by atoms with van der Waals surface area (Å²) in [4.78, 5) is 41.1. The highest BCUT2D eigenvalue weighted by atomic mass is 16.2.